The van der Waals surface area contributed by atoms with Crippen molar-refractivity contribution in [3.63, 3.8) is 0 Å². The molecule has 0 spiro atoms. The van der Waals surface area contributed by atoms with Crippen LogP contribution in [0.15, 0.2) is 18.3 Å². The van der Waals surface area contributed by atoms with Crippen molar-refractivity contribution < 1.29 is 14.6 Å². The number of aromatic nitrogens is 1. The van der Waals surface area contributed by atoms with Gasteiger partial charge in [0, 0.05) is 19.3 Å². The van der Waals surface area contributed by atoms with Gasteiger partial charge in [0.15, 0.2) is 0 Å². The Balaban J connectivity index is 2.01. The summed E-state index contributed by atoms with van der Waals surface area (Å²) in [5.41, 5.74) is -0.736. The van der Waals surface area contributed by atoms with E-state index in [1.807, 2.05) is 20.8 Å². The van der Waals surface area contributed by atoms with E-state index in [-0.39, 0.29) is 6.09 Å². The Labute approximate surface area is 129 Å². The maximum atomic E-state index is 12.0. The quantitative estimate of drug-likeness (QED) is 0.810. The van der Waals surface area contributed by atoms with Crippen molar-refractivity contribution in [3.05, 3.63) is 29.0 Å². The molecular weight excluding hydrogens is 292 g/mol. The molecule has 116 valence electrons. The third-order valence-electron chi connectivity index (χ3n) is 3.51. The minimum absolute atomic E-state index is 0.336. The van der Waals surface area contributed by atoms with Crippen LogP contribution in [0.5, 0.6) is 0 Å². The maximum Gasteiger partial charge on any atom is 0.410 e. The highest BCUT2D eigenvalue weighted by Crippen LogP contribution is 2.33. The highest BCUT2D eigenvalue weighted by molar-refractivity contribution is 6.29. The van der Waals surface area contributed by atoms with Gasteiger partial charge in [0.2, 0.25) is 0 Å². The standard InChI is InChI=1S/C15H21ClN2O3/c1-14(2,3)21-13(19)18-8-5-15(20,6-9-18)11-4-7-17-12(16)10-11/h4,7,10,20H,5-6,8-9H2,1-3H3. The molecule has 1 aliphatic heterocycles. The first-order valence-electron chi connectivity index (χ1n) is 7.02. The number of carbonyl (C=O) groups excluding carboxylic acids is 1. The van der Waals surface area contributed by atoms with Crippen molar-refractivity contribution in [3.8, 4) is 0 Å². The zero-order valence-electron chi connectivity index (χ0n) is 12.6. The van der Waals surface area contributed by atoms with Crippen LogP contribution in [0.3, 0.4) is 0 Å². The molecule has 5 nitrogen and oxygen atoms in total. The Hall–Kier alpha value is -1.33. The lowest BCUT2D eigenvalue weighted by Gasteiger charge is -2.38. The van der Waals surface area contributed by atoms with Crippen molar-refractivity contribution >= 4 is 17.7 Å². The van der Waals surface area contributed by atoms with Gasteiger partial charge in [0.1, 0.15) is 10.8 Å². The third-order valence-corrected chi connectivity index (χ3v) is 3.71. The van der Waals surface area contributed by atoms with Gasteiger partial charge < -0.3 is 14.7 Å². The number of rotatable bonds is 1. The lowest BCUT2D eigenvalue weighted by atomic mass is 9.85. The Morgan fingerprint density at radius 2 is 2.05 bits per heavy atom. The molecule has 0 radical (unpaired) electrons. The summed E-state index contributed by atoms with van der Waals surface area (Å²) in [4.78, 5) is 17.6. The molecule has 0 atom stereocenters. The van der Waals surface area contributed by atoms with E-state index >= 15 is 0 Å². The summed E-state index contributed by atoms with van der Waals surface area (Å²) in [5.74, 6) is 0. The highest BCUT2D eigenvalue weighted by Gasteiger charge is 2.36. The summed E-state index contributed by atoms with van der Waals surface area (Å²) in [5, 5.41) is 11.1. The van der Waals surface area contributed by atoms with Crippen LogP contribution >= 0.6 is 11.6 Å². The van der Waals surface area contributed by atoms with Crippen molar-refractivity contribution in [2.75, 3.05) is 13.1 Å². The van der Waals surface area contributed by atoms with E-state index in [0.717, 1.165) is 5.56 Å². The second kappa shape index (κ2) is 5.81. The van der Waals surface area contributed by atoms with Gasteiger partial charge in [0.05, 0.1) is 5.60 Å². The number of piperidine rings is 1. The number of halogens is 1. The van der Waals surface area contributed by atoms with Crippen LogP contribution in [0.1, 0.15) is 39.2 Å². The number of likely N-dealkylation sites (tertiary alicyclic amines) is 1. The molecule has 0 bridgehead atoms. The second-order valence-electron chi connectivity index (χ2n) is 6.37. The van der Waals surface area contributed by atoms with Crippen LogP contribution in [0.2, 0.25) is 5.15 Å². The van der Waals surface area contributed by atoms with E-state index in [2.05, 4.69) is 4.98 Å². The molecule has 1 amide bonds. The number of aliphatic hydroxyl groups is 1. The monoisotopic (exact) mass is 312 g/mol. The number of hydrogen-bond acceptors (Lipinski definition) is 4. The molecule has 1 aromatic heterocycles. The normalized spacial score (nSPS) is 18.4. The van der Waals surface area contributed by atoms with Crippen LogP contribution in [0.25, 0.3) is 0 Å². The molecule has 1 saturated heterocycles. The Kier molecular flexibility index (Phi) is 4.44. The smallest absolute Gasteiger partial charge is 0.410 e. The molecule has 2 rings (SSSR count). The van der Waals surface area contributed by atoms with Gasteiger partial charge >= 0.3 is 6.09 Å². The summed E-state index contributed by atoms with van der Waals surface area (Å²) in [6, 6.07) is 3.43. The predicted octanol–water partition coefficient (Wildman–Crippen LogP) is 2.95. The van der Waals surface area contributed by atoms with Crippen molar-refractivity contribution in [1.82, 2.24) is 9.88 Å². The second-order valence-corrected chi connectivity index (χ2v) is 6.75. The molecule has 1 aromatic rings. The zero-order chi connectivity index (χ0) is 15.7. The summed E-state index contributed by atoms with van der Waals surface area (Å²) in [6.07, 6.45) is 2.15. The Morgan fingerprint density at radius 3 is 2.57 bits per heavy atom. The molecule has 6 heteroatoms. The molecule has 0 unspecified atom stereocenters. The fraction of sp³-hybridized carbons (Fsp3) is 0.600. The molecular formula is C15H21ClN2O3. The van der Waals surface area contributed by atoms with E-state index < -0.39 is 11.2 Å². The maximum absolute atomic E-state index is 12.0. The first kappa shape index (κ1) is 16.0. The number of hydrogen-bond donors (Lipinski definition) is 1. The Bertz CT molecular complexity index is 520. The van der Waals surface area contributed by atoms with E-state index in [4.69, 9.17) is 16.3 Å². The molecule has 2 heterocycles. The van der Waals surface area contributed by atoms with Gasteiger partial charge in [-0.05, 0) is 51.3 Å². The molecule has 1 aliphatic rings. The molecule has 0 aliphatic carbocycles. The van der Waals surface area contributed by atoms with Gasteiger partial charge in [-0.2, -0.15) is 0 Å². The van der Waals surface area contributed by atoms with E-state index in [9.17, 15) is 9.90 Å². The minimum Gasteiger partial charge on any atom is -0.444 e. The first-order valence-corrected chi connectivity index (χ1v) is 7.40. The summed E-state index contributed by atoms with van der Waals surface area (Å²) < 4.78 is 5.34. The average Bonchev–Trinajstić information content (AvgIpc) is 2.37. The van der Waals surface area contributed by atoms with Crippen LogP contribution in [-0.2, 0) is 10.3 Å². The fourth-order valence-corrected chi connectivity index (χ4v) is 2.54. The van der Waals surface area contributed by atoms with Crippen molar-refractivity contribution in [2.45, 2.75) is 44.8 Å². The van der Waals surface area contributed by atoms with Crippen molar-refractivity contribution in [2.24, 2.45) is 0 Å². The minimum atomic E-state index is -0.967. The number of nitrogens with zero attached hydrogens (tertiary/aromatic N) is 2. The summed E-state index contributed by atoms with van der Waals surface area (Å²) in [6.45, 7) is 6.41. The largest absolute Gasteiger partial charge is 0.444 e. The number of pyridine rings is 1. The fourth-order valence-electron chi connectivity index (χ4n) is 2.37. The third kappa shape index (κ3) is 4.08. The topological polar surface area (TPSA) is 62.7 Å². The van der Waals surface area contributed by atoms with E-state index in [0.29, 0.717) is 31.1 Å². The molecule has 0 aromatic carbocycles. The van der Waals surface area contributed by atoms with Gasteiger partial charge in [-0.1, -0.05) is 11.6 Å². The molecule has 0 saturated carbocycles. The Morgan fingerprint density at radius 1 is 1.43 bits per heavy atom. The molecule has 1 fully saturated rings. The lowest BCUT2D eigenvalue weighted by Crippen LogP contribution is -2.46. The van der Waals surface area contributed by atoms with E-state index in [1.54, 1.807) is 23.2 Å². The first-order chi connectivity index (χ1) is 9.70. The predicted molar refractivity (Wildman–Crippen MR) is 80.2 cm³/mol. The van der Waals surface area contributed by atoms with Crippen LogP contribution in [0.4, 0.5) is 4.79 Å². The van der Waals surface area contributed by atoms with Crippen LogP contribution in [0, 0.1) is 0 Å². The van der Waals surface area contributed by atoms with Gasteiger partial charge in [-0.15, -0.1) is 0 Å². The number of ether oxygens (including phenoxy) is 1. The van der Waals surface area contributed by atoms with E-state index in [1.165, 1.54) is 0 Å². The van der Waals surface area contributed by atoms with Crippen molar-refractivity contribution in [1.29, 1.82) is 0 Å². The highest BCUT2D eigenvalue weighted by atomic mass is 35.5. The van der Waals surface area contributed by atoms with Gasteiger partial charge in [-0.3, -0.25) is 0 Å². The number of carbonyl (C=O) groups is 1. The zero-order valence-corrected chi connectivity index (χ0v) is 13.4. The summed E-state index contributed by atoms with van der Waals surface area (Å²) >= 11 is 5.87. The van der Waals surface area contributed by atoms with Gasteiger partial charge in [0.25, 0.3) is 0 Å². The van der Waals surface area contributed by atoms with Gasteiger partial charge in [-0.25, -0.2) is 9.78 Å². The molecule has 21 heavy (non-hydrogen) atoms. The SMILES string of the molecule is CC(C)(C)OC(=O)N1CCC(O)(c2ccnc(Cl)c2)CC1. The van der Waals surface area contributed by atoms with Crippen LogP contribution < -0.4 is 0 Å². The summed E-state index contributed by atoms with van der Waals surface area (Å²) in [7, 11) is 0. The molecule has 1 N–H and O–H groups in total. The lowest BCUT2D eigenvalue weighted by molar-refractivity contribution is -0.0356. The number of amides is 1. The van der Waals surface area contributed by atoms with Crippen LogP contribution in [-0.4, -0.2) is 39.8 Å². The average molecular weight is 313 g/mol.